The van der Waals surface area contributed by atoms with Gasteiger partial charge in [-0.3, -0.25) is 9.11 Å². The molecular weight excluding hydrogens is 650 g/mol. The molecule has 42 heavy (non-hydrogen) atoms. The molecule has 0 spiro atoms. The molecule has 0 radical (unpaired) electrons. The molecule has 2 unspecified atom stereocenters. The Kier molecular flexibility index (Phi) is 10.2. The van der Waals surface area contributed by atoms with Gasteiger partial charge in [-0.15, -0.1) is 0 Å². The third kappa shape index (κ3) is 8.46. The van der Waals surface area contributed by atoms with E-state index in [1.807, 2.05) is 0 Å². The minimum atomic E-state index is -6.33. The fourth-order valence-corrected chi connectivity index (χ4v) is 3.84. The number of ether oxygens (including phenoxy) is 2. The van der Waals surface area contributed by atoms with E-state index >= 15 is 0 Å². The first-order valence-corrected chi connectivity index (χ1v) is 13.4. The Hall–Kier alpha value is -3.14. The molecular formula is C21H16F10O9S2. The molecule has 0 fully saturated rings. The number of halogens is 10. The summed E-state index contributed by atoms with van der Waals surface area (Å²) in [5.41, 5.74) is 0. The normalized spacial score (nSPS) is 15.0. The summed E-state index contributed by atoms with van der Waals surface area (Å²) < 4.78 is 199. The SMILES string of the molecule is O=S(=O)(O)C(F)(F)C(OCc1ccco1)C(F)(F)F.O=S(=O)(O)C(F)(F)C(Oc1ccc2ccccc2c1)C(F)(F)F. The van der Waals surface area contributed by atoms with Crippen molar-refractivity contribution in [2.45, 2.75) is 41.7 Å². The largest absolute Gasteiger partial charge is 0.473 e. The van der Waals surface area contributed by atoms with Crippen LogP contribution < -0.4 is 4.74 Å². The minimum absolute atomic E-state index is 0.222. The van der Waals surface area contributed by atoms with Gasteiger partial charge in [0.1, 0.15) is 18.1 Å². The fourth-order valence-electron chi connectivity index (χ4n) is 2.92. The Morgan fingerprint density at radius 3 is 1.64 bits per heavy atom. The van der Waals surface area contributed by atoms with Crippen molar-refractivity contribution in [2.75, 3.05) is 0 Å². The van der Waals surface area contributed by atoms with E-state index in [0.717, 1.165) is 24.5 Å². The number of hydrogen-bond donors (Lipinski definition) is 2. The van der Waals surface area contributed by atoms with Crippen LogP contribution in [-0.2, 0) is 31.6 Å². The molecule has 0 saturated carbocycles. The molecule has 21 heteroatoms. The third-order valence-electron chi connectivity index (χ3n) is 4.84. The highest BCUT2D eigenvalue weighted by Gasteiger charge is 2.66. The molecule has 236 valence electrons. The summed E-state index contributed by atoms with van der Waals surface area (Å²) in [5, 5.41) is -10.1. The average Bonchev–Trinajstić information content (AvgIpc) is 3.33. The zero-order chi connectivity index (χ0) is 32.4. The average molecular weight is 666 g/mol. The molecule has 9 nitrogen and oxygen atoms in total. The second-order valence-corrected chi connectivity index (χ2v) is 10.9. The lowest BCUT2D eigenvalue weighted by Gasteiger charge is -2.27. The molecule has 0 saturated heterocycles. The Morgan fingerprint density at radius 1 is 0.690 bits per heavy atom. The van der Waals surface area contributed by atoms with Crippen LogP contribution in [0.3, 0.4) is 0 Å². The molecule has 3 rings (SSSR count). The predicted octanol–water partition coefficient (Wildman–Crippen LogP) is 5.84. The molecule has 0 aliphatic carbocycles. The summed E-state index contributed by atoms with van der Waals surface area (Å²) >= 11 is 0. The smallest absolute Gasteiger partial charge is 0.432 e. The third-order valence-corrected chi connectivity index (χ3v) is 6.64. The molecule has 0 amide bonds. The van der Waals surface area contributed by atoms with Gasteiger partial charge in [0.25, 0.3) is 6.10 Å². The highest BCUT2D eigenvalue weighted by Crippen LogP contribution is 2.40. The van der Waals surface area contributed by atoms with Crippen LogP contribution in [0, 0.1) is 0 Å². The van der Waals surface area contributed by atoms with E-state index in [9.17, 15) is 60.7 Å². The molecule has 0 aliphatic rings. The van der Waals surface area contributed by atoms with Gasteiger partial charge in [0.15, 0.2) is 0 Å². The summed E-state index contributed by atoms with van der Waals surface area (Å²) in [4.78, 5) is 0. The maximum absolute atomic E-state index is 13.4. The van der Waals surface area contributed by atoms with Crippen LogP contribution in [0.5, 0.6) is 5.75 Å². The first kappa shape index (κ1) is 35.1. The summed E-state index contributed by atoms with van der Waals surface area (Å²) in [6, 6.07) is 12.1. The van der Waals surface area contributed by atoms with Gasteiger partial charge >= 0.3 is 43.1 Å². The number of fused-ring (bicyclic) bond motifs is 1. The molecule has 0 bridgehead atoms. The second-order valence-electron chi connectivity index (χ2n) is 7.93. The van der Waals surface area contributed by atoms with E-state index in [0.29, 0.717) is 10.8 Å². The Labute approximate surface area is 229 Å². The van der Waals surface area contributed by atoms with E-state index in [-0.39, 0.29) is 5.76 Å². The van der Waals surface area contributed by atoms with Crippen LogP contribution in [0.4, 0.5) is 43.9 Å². The minimum Gasteiger partial charge on any atom is -0.473 e. The fraction of sp³-hybridized carbons (Fsp3) is 0.333. The maximum Gasteiger partial charge on any atom is 0.432 e. The van der Waals surface area contributed by atoms with Crippen molar-refractivity contribution >= 4 is 31.0 Å². The summed E-state index contributed by atoms with van der Waals surface area (Å²) in [5.74, 6) is -0.838. The number of furan rings is 1. The molecule has 2 atom stereocenters. The van der Waals surface area contributed by atoms with Crippen LogP contribution in [0.15, 0.2) is 65.3 Å². The van der Waals surface area contributed by atoms with Gasteiger partial charge in [-0.05, 0) is 35.0 Å². The van der Waals surface area contributed by atoms with Crippen LogP contribution in [0.1, 0.15) is 5.76 Å². The van der Waals surface area contributed by atoms with Gasteiger partial charge < -0.3 is 13.9 Å². The highest BCUT2D eigenvalue weighted by atomic mass is 32.2. The monoisotopic (exact) mass is 666 g/mol. The standard InChI is InChI=1S/C13H9F5O4S.C8H7F5O5S/c14-12(15,16)11(13(17,18)23(19,20)21)22-10-6-5-8-3-1-2-4-9(8)7-10;9-7(10,11)6(8(12,13)19(14,15)16)18-4-5-2-1-3-17-5/h1-7,11H,(H,19,20,21);1-3,6H,4H2,(H,14,15,16). The van der Waals surface area contributed by atoms with Crippen LogP contribution >= 0.6 is 0 Å². The van der Waals surface area contributed by atoms with Crippen molar-refractivity contribution in [2.24, 2.45) is 0 Å². The van der Waals surface area contributed by atoms with Crippen LogP contribution in [0.2, 0.25) is 0 Å². The molecule has 1 aromatic heterocycles. The van der Waals surface area contributed by atoms with Crippen LogP contribution in [0.25, 0.3) is 10.8 Å². The van der Waals surface area contributed by atoms with Crippen molar-refractivity contribution in [1.82, 2.24) is 0 Å². The van der Waals surface area contributed by atoms with E-state index < -0.39 is 67.7 Å². The lowest BCUT2D eigenvalue weighted by atomic mass is 10.1. The van der Waals surface area contributed by atoms with Gasteiger partial charge in [0, 0.05) is 0 Å². The number of hydrogen-bond acceptors (Lipinski definition) is 7. The zero-order valence-electron chi connectivity index (χ0n) is 20.0. The van der Waals surface area contributed by atoms with Crippen molar-refractivity contribution < 1.29 is 83.7 Å². The van der Waals surface area contributed by atoms with Gasteiger partial charge in [0.05, 0.1) is 6.26 Å². The van der Waals surface area contributed by atoms with Gasteiger partial charge in [-0.25, -0.2) is 0 Å². The maximum atomic E-state index is 13.4. The Balaban J connectivity index is 0.000000299. The van der Waals surface area contributed by atoms with E-state index in [1.54, 1.807) is 18.2 Å². The molecule has 3 aromatic rings. The lowest BCUT2D eigenvalue weighted by Crippen LogP contribution is -2.53. The zero-order valence-corrected chi connectivity index (χ0v) is 21.6. The van der Waals surface area contributed by atoms with Crippen molar-refractivity contribution in [3.05, 3.63) is 66.6 Å². The molecule has 2 N–H and O–H groups in total. The Bertz CT molecular complexity index is 1550. The van der Waals surface area contributed by atoms with Gasteiger partial charge in [-0.2, -0.15) is 60.7 Å². The lowest BCUT2D eigenvalue weighted by molar-refractivity contribution is -0.268. The summed E-state index contributed by atoms with van der Waals surface area (Å²) in [6.45, 7) is -1.04. The summed E-state index contributed by atoms with van der Waals surface area (Å²) in [6.07, 6.45) is -18.4. The van der Waals surface area contributed by atoms with E-state index in [1.165, 1.54) is 18.2 Å². The predicted molar refractivity (Wildman–Crippen MR) is 121 cm³/mol. The summed E-state index contributed by atoms with van der Waals surface area (Å²) in [7, 11) is -12.6. The van der Waals surface area contributed by atoms with Crippen LogP contribution in [-0.4, -0.2) is 61.0 Å². The number of alkyl halides is 10. The number of rotatable bonds is 9. The topological polar surface area (TPSA) is 140 Å². The van der Waals surface area contributed by atoms with E-state index in [4.69, 9.17) is 9.11 Å². The first-order valence-electron chi connectivity index (χ1n) is 10.5. The molecule has 2 aromatic carbocycles. The van der Waals surface area contributed by atoms with Gasteiger partial charge in [0.2, 0.25) is 6.10 Å². The van der Waals surface area contributed by atoms with Crippen molar-refractivity contribution in [3.8, 4) is 5.75 Å². The number of benzene rings is 2. The second kappa shape index (κ2) is 12.2. The van der Waals surface area contributed by atoms with E-state index in [2.05, 4.69) is 13.9 Å². The van der Waals surface area contributed by atoms with Crippen molar-refractivity contribution in [3.63, 3.8) is 0 Å². The molecule has 1 heterocycles. The van der Waals surface area contributed by atoms with Gasteiger partial charge in [-0.1, -0.05) is 30.3 Å². The van der Waals surface area contributed by atoms with Crippen molar-refractivity contribution in [1.29, 1.82) is 0 Å². The quantitative estimate of drug-likeness (QED) is 0.213. The molecule has 0 aliphatic heterocycles. The first-order chi connectivity index (χ1) is 18.9. The Morgan fingerprint density at radius 2 is 1.19 bits per heavy atom. The highest BCUT2D eigenvalue weighted by molar-refractivity contribution is 7.87.